The summed E-state index contributed by atoms with van der Waals surface area (Å²) in [5.41, 5.74) is 0.261. The number of hydrogen-bond donors (Lipinski definition) is 0. The van der Waals surface area contributed by atoms with E-state index in [0.717, 1.165) is 18.9 Å². The minimum atomic E-state index is -1.09. The molecule has 0 amide bonds. The van der Waals surface area contributed by atoms with Gasteiger partial charge in [0.1, 0.15) is 5.82 Å². The third-order valence-electron chi connectivity index (χ3n) is 2.63. The molecule has 0 atom stereocenters. The summed E-state index contributed by atoms with van der Waals surface area (Å²) in [7, 11) is 2.18. The average molecular weight is 325 g/mol. The molecule has 0 N–H and O–H groups in total. The molecule has 10 heteroatoms. The quantitative estimate of drug-likeness (QED) is 0.784. The Morgan fingerprint density at radius 2 is 1.78 bits per heavy atom. The highest BCUT2D eigenvalue weighted by Crippen LogP contribution is 2.26. The molecule has 2 aromatic rings. The lowest BCUT2D eigenvalue weighted by Gasteiger charge is -2.08. The van der Waals surface area contributed by atoms with Gasteiger partial charge in [-0.1, -0.05) is 28.5 Å². The molecule has 0 fully saturated rings. The molecule has 1 aromatic heterocycles. The fourth-order valence-corrected chi connectivity index (χ4v) is 1.58. The van der Waals surface area contributed by atoms with Crippen LogP contribution in [-0.2, 0) is 16.0 Å². The molecule has 0 saturated heterocycles. The predicted molar refractivity (Wildman–Crippen MR) is 71.6 cm³/mol. The molecular formula is C13H12FN3O6. The van der Waals surface area contributed by atoms with E-state index in [9.17, 15) is 14.0 Å². The Morgan fingerprint density at radius 1 is 1.13 bits per heavy atom. The van der Waals surface area contributed by atoms with Crippen molar-refractivity contribution < 1.29 is 32.9 Å². The van der Waals surface area contributed by atoms with Gasteiger partial charge in [0.05, 0.1) is 20.8 Å². The molecule has 1 heterocycles. The summed E-state index contributed by atoms with van der Waals surface area (Å²) in [6.07, 6.45) is -2.17. The normalized spacial score (nSPS) is 10.0. The molecule has 0 unspecified atom stereocenters. The van der Waals surface area contributed by atoms with Gasteiger partial charge < -0.3 is 18.9 Å². The van der Waals surface area contributed by atoms with Crippen LogP contribution in [0.15, 0.2) is 24.3 Å². The molecule has 0 saturated carbocycles. The van der Waals surface area contributed by atoms with Crippen molar-refractivity contribution >= 4 is 12.3 Å². The molecule has 2 rings (SSSR count). The van der Waals surface area contributed by atoms with Crippen molar-refractivity contribution in [2.75, 3.05) is 14.2 Å². The van der Waals surface area contributed by atoms with Crippen LogP contribution in [0.4, 0.5) is 14.0 Å². The average Bonchev–Trinajstić information content (AvgIpc) is 2.91. The second kappa shape index (κ2) is 7.20. The van der Waals surface area contributed by atoms with E-state index in [1.165, 1.54) is 18.2 Å². The number of halogens is 1. The third-order valence-corrected chi connectivity index (χ3v) is 2.63. The van der Waals surface area contributed by atoms with Gasteiger partial charge in [0.15, 0.2) is 0 Å². The smallest absolute Gasteiger partial charge is 0.437 e. The maximum Gasteiger partial charge on any atom is 0.515 e. The van der Waals surface area contributed by atoms with Crippen molar-refractivity contribution in [3.05, 3.63) is 35.6 Å². The van der Waals surface area contributed by atoms with Crippen molar-refractivity contribution in [3.63, 3.8) is 0 Å². The van der Waals surface area contributed by atoms with Crippen LogP contribution >= 0.6 is 0 Å². The first-order valence-electron chi connectivity index (χ1n) is 6.23. The van der Waals surface area contributed by atoms with Gasteiger partial charge in [-0.2, -0.15) is 0 Å². The number of aromatic nitrogens is 3. The van der Waals surface area contributed by atoms with Crippen LogP contribution in [0.2, 0.25) is 0 Å². The minimum absolute atomic E-state index is 0.115. The monoisotopic (exact) mass is 325 g/mol. The SMILES string of the molecule is COC(=O)Oc1nnn(Cc2ccccc2F)c1OC(=O)OC. The maximum absolute atomic E-state index is 13.7. The standard InChI is InChI=1S/C13H12FN3O6/c1-20-12(18)22-10-11(23-13(19)21-2)17(16-15-10)7-8-5-3-4-6-9(8)14/h3-6H,7H2,1-2H3. The summed E-state index contributed by atoms with van der Waals surface area (Å²) >= 11 is 0. The van der Waals surface area contributed by atoms with E-state index in [-0.39, 0.29) is 18.0 Å². The molecule has 0 radical (unpaired) electrons. The lowest BCUT2D eigenvalue weighted by atomic mass is 10.2. The molecule has 122 valence electrons. The molecule has 0 aliphatic rings. The third kappa shape index (κ3) is 3.93. The largest absolute Gasteiger partial charge is 0.515 e. The van der Waals surface area contributed by atoms with Crippen molar-refractivity contribution in [1.82, 2.24) is 15.0 Å². The highest BCUT2D eigenvalue weighted by molar-refractivity contribution is 5.66. The Labute approximate surface area is 129 Å². The lowest BCUT2D eigenvalue weighted by molar-refractivity contribution is 0.107. The van der Waals surface area contributed by atoms with Crippen LogP contribution in [-0.4, -0.2) is 41.5 Å². The Morgan fingerprint density at radius 3 is 2.43 bits per heavy atom. The maximum atomic E-state index is 13.7. The van der Waals surface area contributed by atoms with E-state index < -0.39 is 24.0 Å². The van der Waals surface area contributed by atoms with Crippen LogP contribution in [0.1, 0.15) is 5.56 Å². The van der Waals surface area contributed by atoms with E-state index in [1.54, 1.807) is 6.07 Å². The molecule has 1 aromatic carbocycles. The number of ether oxygens (including phenoxy) is 4. The van der Waals surface area contributed by atoms with Gasteiger partial charge in [0.25, 0.3) is 5.88 Å². The van der Waals surface area contributed by atoms with Crippen LogP contribution in [0.25, 0.3) is 0 Å². The van der Waals surface area contributed by atoms with Crippen LogP contribution in [0.3, 0.4) is 0 Å². The number of nitrogens with zero attached hydrogens (tertiary/aromatic N) is 3. The van der Waals surface area contributed by atoms with Gasteiger partial charge in [-0.05, 0) is 6.07 Å². The van der Waals surface area contributed by atoms with Crippen LogP contribution in [0.5, 0.6) is 11.8 Å². The van der Waals surface area contributed by atoms with Crippen LogP contribution < -0.4 is 9.47 Å². The van der Waals surface area contributed by atoms with Gasteiger partial charge in [-0.3, -0.25) is 0 Å². The zero-order valence-corrected chi connectivity index (χ0v) is 12.2. The topological polar surface area (TPSA) is 102 Å². The summed E-state index contributed by atoms with van der Waals surface area (Å²) in [5, 5.41) is 7.21. The predicted octanol–water partition coefficient (Wildman–Crippen LogP) is 1.76. The number of benzene rings is 1. The van der Waals surface area contributed by atoms with E-state index in [2.05, 4.69) is 19.8 Å². The highest BCUT2D eigenvalue weighted by atomic mass is 19.1. The Hall–Kier alpha value is -3.17. The van der Waals surface area contributed by atoms with Gasteiger partial charge >= 0.3 is 18.2 Å². The first-order valence-corrected chi connectivity index (χ1v) is 6.23. The summed E-state index contributed by atoms with van der Waals surface area (Å²) in [6.45, 7) is -0.115. The second-order valence-electron chi connectivity index (χ2n) is 4.06. The molecule has 0 aliphatic carbocycles. The van der Waals surface area contributed by atoms with E-state index in [1.807, 2.05) is 0 Å². The van der Waals surface area contributed by atoms with E-state index >= 15 is 0 Å². The first kappa shape index (κ1) is 16.2. The van der Waals surface area contributed by atoms with E-state index in [4.69, 9.17) is 9.47 Å². The van der Waals surface area contributed by atoms with Crippen molar-refractivity contribution in [2.45, 2.75) is 6.54 Å². The summed E-state index contributed by atoms with van der Waals surface area (Å²) in [5.74, 6) is -1.23. The van der Waals surface area contributed by atoms with Crippen molar-refractivity contribution in [3.8, 4) is 11.8 Å². The number of rotatable bonds is 4. The van der Waals surface area contributed by atoms with Crippen molar-refractivity contribution in [1.29, 1.82) is 0 Å². The molecule has 0 bridgehead atoms. The minimum Gasteiger partial charge on any atom is -0.437 e. The Bertz CT molecular complexity index is 717. The summed E-state index contributed by atoms with van der Waals surface area (Å²) in [4.78, 5) is 22.5. The number of carbonyl (C=O) groups excluding carboxylic acids is 2. The van der Waals surface area contributed by atoms with Crippen LogP contribution in [0, 0.1) is 5.82 Å². The number of hydrogen-bond acceptors (Lipinski definition) is 8. The number of methoxy groups -OCH3 is 2. The Balaban J connectivity index is 2.32. The molecule has 9 nitrogen and oxygen atoms in total. The fourth-order valence-electron chi connectivity index (χ4n) is 1.58. The molecule has 23 heavy (non-hydrogen) atoms. The first-order chi connectivity index (χ1) is 11.0. The van der Waals surface area contributed by atoms with E-state index in [0.29, 0.717) is 0 Å². The van der Waals surface area contributed by atoms with Gasteiger partial charge in [-0.25, -0.2) is 18.7 Å². The second-order valence-corrected chi connectivity index (χ2v) is 4.06. The Kier molecular flexibility index (Phi) is 5.07. The molecule has 0 aliphatic heterocycles. The van der Waals surface area contributed by atoms with Gasteiger partial charge in [-0.15, -0.1) is 0 Å². The summed E-state index contributed by atoms with van der Waals surface area (Å²) in [6, 6.07) is 5.93. The van der Waals surface area contributed by atoms with Gasteiger partial charge in [0, 0.05) is 5.56 Å². The fraction of sp³-hybridized carbons (Fsp3) is 0.231. The zero-order valence-electron chi connectivity index (χ0n) is 12.2. The summed E-state index contributed by atoms with van der Waals surface area (Å²) < 4.78 is 33.0. The molecule has 0 spiro atoms. The molecular weight excluding hydrogens is 313 g/mol. The lowest BCUT2D eigenvalue weighted by Crippen LogP contribution is -2.15. The van der Waals surface area contributed by atoms with Crippen molar-refractivity contribution in [2.24, 2.45) is 0 Å². The highest BCUT2D eigenvalue weighted by Gasteiger charge is 2.23. The number of carbonyl (C=O) groups is 2. The van der Waals surface area contributed by atoms with Gasteiger partial charge in [0.2, 0.25) is 0 Å². The zero-order chi connectivity index (χ0) is 16.8.